The molecule has 1 saturated carbocycles. The molecule has 0 amide bonds. The Balaban J connectivity index is 1.65. The highest BCUT2D eigenvalue weighted by molar-refractivity contribution is 5.81. The highest BCUT2D eigenvalue weighted by Gasteiger charge is 2.20. The maximum absolute atomic E-state index is 8.63. The Labute approximate surface area is 107 Å². The van der Waals surface area contributed by atoms with Gasteiger partial charge in [0, 0.05) is 32.0 Å². The first kappa shape index (κ1) is 12.4. The van der Waals surface area contributed by atoms with Gasteiger partial charge >= 0.3 is 0 Å². The average Bonchev–Trinajstić information content (AvgIpc) is 3.06. The zero-order chi connectivity index (χ0) is 12.6. The largest absolute Gasteiger partial charge is 0.356 e. The SMILES string of the molecule is N#CNC(=NCC1CC1)NCCCn1ccnc1. The van der Waals surface area contributed by atoms with Crippen LogP contribution in [-0.4, -0.2) is 28.6 Å². The Kier molecular flexibility index (Phi) is 4.59. The number of aliphatic imine (C=N–C) groups is 1. The highest BCUT2D eigenvalue weighted by Crippen LogP contribution is 2.28. The third kappa shape index (κ3) is 4.45. The summed E-state index contributed by atoms with van der Waals surface area (Å²) >= 11 is 0. The van der Waals surface area contributed by atoms with Crippen molar-refractivity contribution in [3.63, 3.8) is 0 Å². The summed E-state index contributed by atoms with van der Waals surface area (Å²) in [6.07, 6.45) is 10.9. The first-order chi connectivity index (χ1) is 8.88. The number of nitriles is 1. The van der Waals surface area contributed by atoms with Crippen molar-refractivity contribution >= 4 is 5.96 Å². The average molecular weight is 246 g/mol. The van der Waals surface area contributed by atoms with Crippen molar-refractivity contribution in [3.05, 3.63) is 18.7 Å². The van der Waals surface area contributed by atoms with Crippen LogP contribution in [0.3, 0.4) is 0 Å². The summed E-state index contributed by atoms with van der Waals surface area (Å²) in [5, 5.41) is 14.4. The summed E-state index contributed by atoms with van der Waals surface area (Å²) in [5.74, 6) is 1.32. The molecule has 0 aliphatic heterocycles. The van der Waals surface area contributed by atoms with E-state index in [2.05, 4.69) is 20.6 Å². The summed E-state index contributed by atoms with van der Waals surface area (Å²) in [6, 6.07) is 0. The molecular weight excluding hydrogens is 228 g/mol. The van der Waals surface area contributed by atoms with Crippen LogP contribution in [0.4, 0.5) is 0 Å². The van der Waals surface area contributed by atoms with E-state index in [1.54, 1.807) is 12.5 Å². The summed E-state index contributed by atoms with van der Waals surface area (Å²) in [6.45, 7) is 2.52. The molecule has 1 aliphatic carbocycles. The maximum Gasteiger partial charge on any atom is 0.204 e. The number of hydrogen-bond acceptors (Lipinski definition) is 3. The third-order valence-corrected chi connectivity index (χ3v) is 2.82. The number of aryl methyl sites for hydroxylation is 1. The Hall–Kier alpha value is -2.03. The molecule has 1 fully saturated rings. The van der Waals surface area contributed by atoms with Gasteiger partial charge in [0.2, 0.25) is 5.96 Å². The zero-order valence-electron chi connectivity index (χ0n) is 10.3. The minimum atomic E-state index is 0.593. The van der Waals surface area contributed by atoms with Gasteiger partial charge in [-0.2, -0.15) is 5.26 Å². The number of aromatic nitrogens is 2. The molecule has 6 heteroatoms. The van der Waals surface area contributed by atoms with Crippen LogP contribution < -0.4 is 10.6 Å². The molecule has 6 nitrogen and oxygen atoms in total. The van der Waals surface area contributed by atoms with E-state index in [0.29, 0.717) is 5.96 Å². The predicted octanol–water partition coefficient (Wildman–Crippen LogP) is 0.699. The van der Waals surface area contributed by atoms with Crippen molar-refractivity contribution in [3.8, 4) is 6.19 Å². The normalized spacial score (nSPS) is 15.2. The predicted molar refractivity (Wildman–Crippen MR) is 68.6 cm³/mol. The molecule has 2 N–H and O–H groups in total. The van der Waals surface area contributed by atoms with Crippen LogP contribution in [0.25, 0.3) is 0 Å². The first-order valence-corrected chi connectivity index (χ1v) is 6.27. The molecule has 1 aromatic heterocycles. The van der Waals surface area contributed by atoms with Gasteiger partial charge < -0.3 is 9.88 Å². The minimum Gasteiger partial charge on any atom is -0.356 e. The van der Waals surface area contributed by atoms with E-state index in [0.717, 1.165) is 32.0 Å². The molecular formula is C12H18N6. The molecule has 0 atom stereocenters. The lowest BCUT2D eigenvalue weighted by atomic mass is 10.4. The van der Waals surface area contributed by atoms with Crippen molar-refractivity contribution in [1.82, 2.24) is 20.2 Å². The lowest BCUT2D eigenvalue weighted by molar-refractivity contribution is 0.626. The van der Waals surface area contributed by atoms with Gasteiger partial charge in [-0.15, -0.1) is 0 Å². The summed E-state index contributed by atoms with van der Waals surface area (Å²) in [7, 11) is 0. The van der Waals surface area contributed by atoms with E-state index < -0.39 is 0 Å². The van der Waals surface area contributed by atoms with E-state index in [1.165, 1.54) is 12.8 Å². The van der Waals surface area contributed by atoms with Crippen LogP contribution in [0.2, 0.25) is 0 Å². The minimum absolute atomic E-state index is 0.593. The van der Waals surface area contributed by atoms with Crippen LogP contribution in [0.15, 0.2) is 23.7 Å². The second-order valence-corrected chi connectivity index (χ2v) is 4.45. The molecule has 0 spiro atoms. The molecule has 0 unspecified atom stereocenters. The van der Waals surface area contributed by atoms with Crippen LogP contribution in [0.1, 0.15) is 19.3 Å². The fraction of sp³-hybridized carbons (Fsp3) is 0.583. The van der Waals surface area contributed by atoms with Crippen LogP contribution in [0, 0.1) is 17.4 Å². The van der Waals surface area contributed by atoms with Gasteiger partial charge in [-0.3, -0.25) is 10.3 Å². The Morgan fingerprint density at radius 1 is 1.56 bits per heavy atom. The van der Waals surface area contributed by atoms with Gasteiger partial charge in [0.1, 0.15) is 0 Å². The van der Waals surface area contributed by atoms with E-state index >= 15 is 0 Å². The molecule has 18 heavy (non-hydrogen) atoms. The van der Waals surface area contributed by atoms with Gasteiger partial charge in [0.25, 0.3) is 0 Å². The van der Waals surface area contributed by atoms with Crippen LogP contribution >= 0.6 is 0 Å². The van der Waals surface area contributed by atoms with Crippen molar-refractivity contribution in [2.75, 3.05) is 13.1 Å². The number of nitrogens with one attached hydrogen (secondary N) is 2. The van der Waals surface area contributed by atoms with Gasteiger partial charge in [-0.25, -0.2) is 4.98 Å². The van der Waals surface area contributed by atoms with Gasteiger partial charge in [0.15, 0.2) is 6.19 Å². The fourth-order valence-corrected chi connectivity index (χ4v) is 1.60. The second-order valence-electron chi connectivity index (χ2n) is 4.45. The summed E-state index contributed by atoms with van der Waals surface area (Å²) in [5.41, 5.74) is 0. The topological polar surface area (TPSA) is 78.0 Å². The van der Waals surface area contributed by atoms with E-state index in [1.807, 2.05) is 17.0 Å². The Morgan fingerprint density at radius 2 is 2.44 bits per heavy atom. The molecule has 96 valence electrons. The molecule has 2 rings (SSSR count). The van der Waals surface area contributed by atoms with E-state index in [9.17, 15) is 0 Å². The van der Waals surface area contributed by atoms with Crippen LogP contribution in [0.5, 0.6) is 0 Å². The highest BCUT2D eigenvalue weighted by atomic mass is 15.2. The molecule has 0 aromatic carbocycles. The van der Waals surface area contributed by atoms with E-state index in [-0.39, 0.29) is 0 Å². The van der Waals surface area contributed by atoms with Crippen molar-refractivity contribution in [2.24, 2.45) is 10.9 Å². The molecule has 1 aliphatic rings. The summed E-state index contributed by atoms with van der Waals surface area (Å²) in [4.78, 5) is 8.35. The maximum atomic E-state index is 8.63. The lowest BCUT2D eigenvalue weighted by Crippen LogP contribution is -2.35. The second kappa shape index (κ2) is 6.64. The molecule has 1 aromatic rings. The zero-order valence-corrected chi connectivity index (χ0v) is 10.3. The standard InChI is InChI=1S/C12H18N6/c13-9-17-12(16-8-11-2-3-11)15-4-1-6-18-7-5-14-10-18/h5,7,10-11H,1-4,6,8H2,(H2,15,16,17). The van der Waals surface area contributed by atoms with Crippen molar-refractivity contribution in [2.45, 2.75) is 25.8 Å². The fourth-order valence-electron chi connectivity index (χ4n) is 1.60. The van der Waals surface area contributed by atoms with Gasteiger partial charge in [0.05, 0.1) is 6.33 Å². The third-order valence-electron chi connectivity index (χ3n) is 2.82. The first-order valence-electron chi connectivity index (χ1n) is 6.27. The number of imidazole rings is 1. The smallest absolute Gasteiger partial charge is 0.204 e. The monoisotopic (exact) mass is 246 g/mol. The van der Waals surface area contributed by atoms with Gasteiger partial charge in [-0.1, -0.05) is 0 Å². The molecule has 0 radical (unpaired) electrons. The van der Waals surface area contributed by atoms with E-state index in [4.69, 9.17) is 5.26 Å². The van der Waals surface area contributed by atoms with Crippen molar-refractivity contribution in [1.29, 1.82) is 5.26 Å². The Bertz CT molecular complexity index is 412. The number of rotatable bonds is 6. The summed E-state index contributed by atoms with van der Waals surface area (Å²) < 4.78 is 2.03. The quantitative estimate of drug-likeness (QED) is 0.255. The molecule has 0 saturated heterocycles. The molecule has 0 bridgehead atoms. The Morgan fingerprint density at radius 3 is 3.11 bits per heavy atom. The number of hydrogen-bond donors (Lipinski definition) is 2. The number of nitrogens with zero attached hydrogens (tertiary/aromatic N) is 4. The van der Waals surface area contributed by atoms with Gasteiger partial charge in [-0.05, 0) is 25.2 Å². The molecule has 1 heterocycles. The van der Waals surface area contributed by atoms with Crippen LogP contribution in [-0.2, 0) is 6.54 Å². The number of guanidine groups is 1. The lowest BCUT2D eigenvalue weighted by Gasteiger charge is -2.08. The van der Waals surface area contributed by atoms with Crippen molar-refractivity contribution < 1.29 is 0 Å².